The number of hydrogen-bond donors (Lipinski definition) is 2. The van der Waals surface area contributed by atoms with E-state index in [-0.39, 0.29) is 30.2 Å². The standard InChI is InChI=1S/C19H20N2O4S/c1-11-18(24)15(14(9-22)7-20-11)8-21-17(23)10-26-19(21)13-2-3-16-12(6-13)4-5-25-16/h2-3,6-7,19,22,24H,4-5,8-10H2,1H3. The van der Waals surface area contributed by atoms with Crippen molar-refractivity contribution in [2.24, 2.45) is 0 Å². The third-order valence-electron chi connectivity index (χ3n) is 4.90. The fourth-order valence-electron chi connectivity index (χ4n) is 3.43. The van der Waals surface area contributed by atoms with E-state index in [1.165, 1.54) is 5.56 Å². The molecule has 0 bridgehead atoms. The van der Waals surface area contributed by atoms with Crippen molar-refractivity contribution in [2.75, 3.05) is 12.4 Å². The fourth-order valence-corrected chi connectivity index (χ4v) is 4.61. The smallest absolute Gasteiger partial charge is 0.234 e. The summed E-state index contributed by atoms with van der Waals surface area (Å²) in [6, 6.07) is 6.07. The van der Waals surface area contributed by atoms with Crippen LogP contribution in [0.1, 0.15) is 33.3 Å². The number of aromatic nitrogens is 1. The predicted molar refractivity (Wildman–Crippen MR) is 98.0 cm³/mol. The number of aromatic hydroxyl groups is 1. The maximum atomic E-state index is 12.5. The van der Waals surface area contributed by atoms with Crippen LogP contribution in [0.2, 0.25) is 0 Å². The van der Waals surface area contributed by atoms with Crippen LogP contribution in [0.4, 0.5) is 0 Å². The molecule has 1 saturated heterocycles. The van der Waals surface area contributed by atoms with Crippen molar-refractivity contribution >= 4 is 17.7 Å². The summed E-state index contributed by atoms with van der Waals surface area (Å²) in [5.74, 6) is 1.38. The Morgan fingerprint density at radius 3 is 3.08 bits per heavy atom. The zero-order valence-corrected chi connectivity index (χ0v) is 15.3. The van der Waals surface area contributed by atoms with Gasteiger partial charge in [-0.25, -0.2) is 0 Å². The largest absolute Gasteiger partial charge is 0.506 e. The van der Waals surface area contributed by atoms with E-state index in [0.717, 1.165) is 17.7 Å². The molecule has 3 heterocycles. The number of fused-ring (bicyclic) bond motifs is 1. The molecule has 26 heavy (non-hydrogen) atoms. The van der Waals surface area contributed by atoms with Crippen LogP contribution in [-0.4, -0.2) is 38.4 Å². The van der Waals surface area contributed by atoms with E-state index in [9.17, 15) is 15.0 Å². The van der Waals surface area contributed by atoms with Gasteiger partial charge in [-0.1, -0.05) is 6.07 Å². The lowest BCUT2D eigenvalue weighted by Gasteiger charge is -2.26. The lowest BCUT2D eigenvalue weighted by Crippen LogP contribution is -2.28. The molecule has 1 atom stereocenters. The molecule has 4 rings (SSSR count). The highest BCUT2D eigenvalue weighted by molar-refractivity contribution is 8.00. The van der Waals surface area contributed by atoms with E-state index < -0.39 is 0 Å². The van der Waals surface area contributed by atoms with E-state index in [1.807, 2.05) is 12.1 Å². The molecule has 2 aromatic rings. The van der Waals surface area contributed by atoms with Crippen molar-refractivity contribution in [3.8, 4) is 11.5 Å². The van der Waals surface area contributed by atoms with E-state index >= 15 is 0 Å². The van der Waals surface area contributed by atoms with Gasteiger partial charge in [0.25, 0.3) is 0 Å². The van der Waals surface area contributed by atoms with Crippen LogP contribution in [0.3, 0.4) is 0 Å². The SMILES string of the molecule is Cc1ncc(CO)c(CN2C(=O)CSC2c2ccc3c(c2)CCO3)c1O. The van der Waals surface area contributed by atoms with Gasteiger partial charge in [0.1, 0.15) is 16.9 Å². The third-order valence-corrected chi connectivity index (χ3v) is 6.15. The van der Waals surface area contributed by atoms with Gasteiger partial charge < -0.3 is 19.8 Å². The lowest BCUT2D eigenvalue weighted by molar-refractivity contribution is -0.128. The van der Waals surface area contributed by atoms with Crippen LogP contribution >= 0.6 is 11.8 Å². The number of carbonyl (C=O) groups excluding carboxylic acids is 1. The van der Waals surface area contributed by atoms with Crippen LogP contribution < -0.4 is 4.74 Å². The number of pyridine rings is 1. The van der Waals surface area contributed by atoms with Crippen molar-refractivity contribution in [2.45, 2.75) is 31.9 Å². The summed E-state index contributed by atoms with van der Waals surface area (Å²) < 4.78 is 5.56. The Hall–Kier alpha value is -2.25. The molecule has 0 aliphatic carbocycles. The fraction of sp³-hybridized carbons (Fsp3) is 0.368. The Morgan fingerprint density at radius 2 is 2.27 bits per heavy atom. The normalized spacial score (nSPS) is 18.9. The number of rotatable bonds is 4. The molecule has 0 radical (unpaired) electrons. The van der Waals surface area contributed by atoms with E-state index in [2.05, 4.69) is 11.1 Å². The number of hydrogen-bond acceptors (Lipinski definition) is 6. The number of amides is 1. The quantitative estimate of drug-likeness (QED) is 0.857. The van der Waals surface area contributed by atoms with Gasteiger partial charge in [0.15, 0.2) is 0 Å². The highest BCUT2D eigenvalue weighted by atomic mass is 32.2. The number of carbonyl (C=O) groups is 1. The minimum absolute atomic E-state index is 0.0227. The van der Waals surface area contributed by atoms with Crippen molar-refractivity contribution in [3.63, 3.8) is 0 Å². The first-order valence-electron chi connectivity index (χ1n) is 8.52. The number of benzene rings is 1. The molecular weight excluding hydrogens is 352 g/mol. The number of thioether (sulfide) groups is 1. The first-order valence-corrected chi connectivity index (χ1v) is 9.57. The summed E-state index contributed by atoms with van der Waals surface area (Å²) in [6.07, 6.45) is 2.44. The van der Waals surface area contributed by atoms with Gasteiger partial charge in [-0.3, -0.25) is 9.78 Å². The molecule has 1 unspecified atom stereocenters. The zero-order valence-electron chi connectivity index (χ0n) is 14.4. The maximum Gasteiger partial charge on any atom is 0.234 e. The maximum absolute atomic E-state index is 12.5. The van der Waals surface area contributed by atoms with Crippen LogP contribution in [0.5, 0.6) is 11.5 Å². The highest BCUT2D eigenvalue weighted by Gasteiger charge is 2.34. The average Bonchev–Trinajstić information content (AvgIpc) is 3.25. The number of aliphatic hydroxyl groups is 1. The summed E-state index contributed by atoms with van der Waals surface area (Å²) in [4.78, 5) is 18.4. The number of nitrogens with zero attached hydrogens (tertiary/aromatic N) is 2. The van der Waals surface area contributed by atoms with Gasteiger partial charge >= 0.3 is 0 Å². The van der Waals surface area contributed by atoms with E-state index in [4.69, 9.17) is 4.74 Å². The molecule has 1 aromatic heterocycles. The molecule has 136 valence electrons. The molecular formula is C19H20N2O4S. The summed E-state index contributed by atoms with van der Waals surface area (Å²) in [5.41, 5.74) is 3.81. The van der Waals surface area contributed by atoms with Gasteiger partial charge in [0.2, 0.25) is 5.91 Å². The van der Waals surface area contributed by atoms with Crippen molar-refractivity contribution in [1.29, 1.82) is 0 Å². The second-order valence-corrected chi connectivity index (χ2v) is 7.57. The topological polar surface area (TPSA) is 82.9 Å². The Morgan fingerprint density at radius 1 is 1.42 bits per heavy atom. The summed E-state index contributed by atoms with van der Waals surface area (Å²) >= 11 is 1.58. The monoisotopic (exact) mass is 372 g/mol. The van der Waals surface area contributed by atoms with Crippen LogP contribution in [-0.2, 0) is 24.4 Å². The first-order chi connectivity index (χ1) is 12.6. The molecule has 1 fully saturated rings. The van der Waals surface area contributed by atoms with Crippen molar-refractivity contribution in [1.82, 2.24) is 9.88 Å². The average molecular weight is 372 g/mol. The number of ether oxygens (including phenoxy) is 1. The zero-order chi connectivity index (χ0) is 18.3. The van der Waals surface area contributed by atoms with Gasteiger partial charge in [-0.15, -0.1) is 11.8 Å². The summed E-state index contributed by atoms with van der Waals surface area (Å²) in [7, 11) is 0. The minimum atomic E-state index is -0.230. The lowest BCUT2D eigenvalue weighted by atomic mass is 10.1. The molecule has 2 aliphatic heterocycles. The second kappa shape index (κ2) is 6.81. The van der Waals surface area contributed by atoms with E-state index in [1.54, 1.807) is 29.8 Å². The number of aryl methyl sites for hydroxylation is 1. The molecule has 6 nitrogen and oxygen atoms in total. The molecule has 7 heteroatoms. The Kier molecular flexibility index (Phi) is 4.50. The summed E-state index contributed by atoms with van der Waals surface area (Å²) in [5, 5.41) is 19.9. The first kappa shape index (κ1) is 17.2. The van der Waals surface area contributed by atoms with Gasteiger partial charge in [0.05, 0.1) is 31.2 Å². The van der Waals surface area contributed by atoms with Crippen LogP contribution in [0, 0.1) is 6.92 Å². The third kappa shape index (κ3) is 2.91. The Bertz CT molecular complexity index is 871. The molecule has 2 N–H and O–H groups in total. The highest BCUT2D eigenvalue weighted by Crippen LogP contribution is 2.42. The molecule has 0 spiro atoms. The molecule has 0 saturated carbocycles. The van der Waals surface area contributed by atoms with Crippen molar-refractivity contribution in [3.05, 3.63) is 52.3 Å². The van der Waals surface area contributed by atoms with Crippen LogP contribution in [0.25, 0.3) is 0 Å². The Balaban J connectivity index is 1.67. The Labute approximate surface area is 155 Å². The molecule has 1 amide bonds. The second-order valence-electron chi connectivity index (χ2n) is 6.50. The molecule has 1 aromatic carbocycles. The molecule has 2 aliphatic rings. The van der Waals surface area contributed by atoms with Gasteiger partial charge in [-0.05, 0) is 30.2 Å². The van der Waals surface area contributed by atoms with Crippen molar-refractivity contribution < 1.29 is 19.7 Å². The van der Waals surface area contributed by atoms with Crippen LogP contribution in [0.15, 0.2) is 24.4 Å². The van der Waals surface area contributed by atoms with E-state index in [0.29, 0.717) is 29.2 Å². The number of aliphatic hydroxyl groups excluding tert-OH is 1. The van der Waals surface area contributed by atoms with Gasteiger partial charge in [0, 0.05) is 23.7 Å². The minimum Gasteiger partial charge on any atom is -0.506 e. The summed E-state index contributed by atoms with van der Waals surface area (Å²) in [6.45, 7) is 2.42. The van der Waals surface area contributed by atoms with Gasteiger partial charge in [-0.2, -0.15) is 0 Å². The predicted octanol–water partition coefficient (Wildman–Crippen LogP) is 2.30.